The van der Waals surface area contributed by atoms with E-state index in [0.717, 1.165) is 54.6 Å². The van der Waals surface area contributed by atoms with E-state index in [1.807, 2.05) is 0 Å². The van der Waals surface area contributed by atoms with Crippen LogP contribution in [0.4, 0.5) is 4.39 Å². The predicted molar refractivity (Wildman–Crippen MR) is 204 cm³/mol. The molecule has 2 fully saturated rings. The minimum absolute atomic E-state index is 0.0645. The number of amides is 8. The average molecular weight is 824 g/mol. The lowest BCUT2D eigenvalue weighted by Gasteiger charge is -2.27. The number of nitrogens with one attached hydrogen (secondary N) is 2. The highest BCUT2D eigenvalue weighted by Crippen LogP contribution is 2.35. The molecule has 2 aromatic carbocycles. The number of hydrogen-bond donors (Lipinski definition) is 3. The van der Waals surface area contributed by atoms with E-state index < -0.39 is 72.5 Å². The minimum atomic E-state index is -1.01. The fourth-order valence-electron chi connectivity index (χ4n) is 6.99. The smallest absolute Gasteiger partial charge is 0.303 e. The number of aliphatic carboxylic acids is 1. The third-order valence-corrected chi connectivity index (χ3v) is 9.88. The van der Waals surface area contributed by atoms with Crippen molar-refractivity contribution in [2.45, 2.75) is 102 Å². The van der Waals surface area contributed by atoms with Crippen LogP contribution in [-0.4, -0.2) is 107 Å². The number of carboxylic acid groups (broad SMARTS) is 1. The fourth-order valence-corrected chi connectivity index (χ4v) is 6.99. The molecule has 4 heterocycles. The first-order valence-corrected chi connectivity index (χ1v) is 19.3. The van der Waals surface area contributed by atoms with Crippen molar-refractivity contribution in [1.82, 2.24) is 20.4 Å². The number of carbonyl (C=O) groups excluding carboxylic acids is 9. The number of unbranched alkanes of at least 4 members (excludes halogenated alkanes) is 7. The standard InChI is InChI=1S/C20H22N2O7.C20H22N2O6.CH3F/c23-15-10-9-13(18(26)21-15)22-19(27)12-6-5-7-14(17(12)20(22)28)29-11-4-2-1-3-8-16(24)25;23-11-4-2-1-3-5-12-28-15-8-6-7-13-17(15)20(27)22(19(13)26)14-9-10-16(24)21-18(14)25;1-2/h5-7,13H,1-4,8-11H2,(H,24,25)(H,21,23,26);6-8,11,14H,1-5,9-10,12H2,(H,21,24,25);1H3/i;;1D. The molecule has 6 rings (SSSR count). The van der Waals surface area contributed by atoms with Gasteiger partial charge in [-0.15, -0.1) is 0 Å². The molecule has 2 unspecified atom stereocenters. The number of rotatable bonds is 18. The molecule has 4 aliphatic rings. The van der Waals surface area contributed by atoms with Gasteiger partial charge in [0.15, 0.2) is 0 Å². The van der Waals surface area contributed by atoms with Crippen molar-refractivity contribution in [1.29, 1.82) is 0 Å². The molecule has 2 aromatic rings. The van der Waals surface area contributed by atoms with Gasteiger partial charge in [0, 0.05) is 25.7 Å². The highest BCUT2D eigenvalue weighted by atomic mass is 19.1. The maximum atomic E-state index is 12.9. The zero-order valence-corrected chi connectivity index (χ0v) is 32.3. The summed E-state index contributed by atoms with van der Waals surface area (Å²) in [4.78, 5) is 121. The number of ether oxygens (including phenoxy) is 2. The van der Waals surface area contributed by atoms with Gasteiger partial charge in [-0.3, -0.25) is 68.0 Å². The van der Waals surface area contributed by atoms with Crippen molar-refractivity contribution in [2.24, 2.45) is 0 Å². The fraction of sp³-hybridized carbons (Fsp3) is 0.463. The Morgan fingerprint density at radius 1 is 0.712 bits per heavy atom. The number of aldehydes is 1. The Balaban J connectivity index is 0.000000249. The van der Waals surface area contributed by atoms with Crippen molar-refractivity contribution in [2.75, 3.05) is 20.4 Å². The SMILES string of the molecule is O=C(O)CCCCCCOc1cccc2c1C(=O)N(C1CCC(=O)NC1=O)C2=O.O=CCCCCCCOc1cccc2c1C(=O)N(C1CCC(=O)NC1=O)C2=O.[2H]CF. The van der Waals surface area contributed by atoms with Gasteiger partial charge >= 0.3 is 5.97 Å². The van der Waals surface area contributed by atoms with Gasteiger partial charge in [0.1, 0.15) is 29.9 Å². The van der Waals surface area contributed by atoms with E-state index in [4.69, 9.17) is 16.0 Å². The molecule has 0 spiro atoms. The van der Waals surface area contributed by atoms with Crippen LogP contribution in [0.15, 0.2) is 36.4 Å². The molecule has 3 N–H and O–H groups in total. The Morgan fingerprint density at radius 2 is 1.14 bits per heavy atom. The van der Waals surface area contributed by atoms with E-state index in [-0.39, 0.29) is 60.1 Å². The Kier molecular flexibility index (Phi) is 16.3. The molecule has 59 heavy (non-hydrogen) atoms. The molecule has 17 nitrogen and oxygen atoms in total. The number of hydrogen-bond acceptors (Lipinski definition) is 12. The normalized spacial score (nSPS) is 18.4. The van der Waals surface area contributed by atoms with E-state index in [0.29, 0.717) is 38.2 Å². The second-order valence-corrected chi connectivity index (χ2v) is 13.9. The molecule has 2 saturated heterocycles. The Hall–Kier alpha value is -6.33. The Morgan fingerprint density at radius 3 is 1.54 bits per heavy atom. The minimum Gasteiger partial charge on any atom is -0.493 e. The van der Waals surface area contributed by atoms with Crippen LogP contribution >= 0.6 is 0 Å². The zero-order chi connectivity index (χ0) is 43.8. The van der Waals surface area contributed by atoms with Crippen LogP contribution in [0.1, 0.15) is 133 Å². The maximum absolute atomic E-state index is 12.9. The highest BCUT2D eigenvalue weighted by Gasteiger charge is 2.47. The largest absolute Gasteiger partial charge is 0.493 e. The number of carboxylic acids is 1. The number of alkyl halides is 1. The summed E-state index contributed by atoms with van der Waals surface area (Å²) in [6.45, 7) is 0.709. The van der Waals surface area contributed by atoms with Crippen molar-refractivity contribution in [3.63, 3.8) is 0 Å². The van der Waals surface area contributed by atoms with E-state index in [9.17, 15) is 52.3 Å². The van der Waals surface area contributed by atoms with E-state index >= 15 is 0 Å². The van der Waals surface area contributed by atoms with Gasteiger partial charge < -0.3 is 19.4 Å². The number of benzene rings is 2. The number of fused-ring (bicyclic) bond motifs is 2. The number of nitrogens with zero attached hydrogens (tertiary/aromatic N) is 2. The number of imide groups is 4. The molecule has 0 bridgehead atoms. The van der Waals surface area contributed by atoms with E-state index in [2.05, 4.69) is 10.6 Å². The lowest BCUT2D eigenvalue weighted by Crippen LogP contribution is -2.54. The van der Waals surface area contributed by atoms with Crippen molar-refractivity contribution in [3.05, 3.63) is 58.7 Å². The first-order valence-electron chi connectivity index (χ1n) is 20.0. The molecular weight excluding hydrogens is 775 g/mol. The Bertz CT molecular complexity index is 1990. The zero-order valence-electron chi connectivity index (χ0n) is 33.3. The van der Waals surface area contributed by atoms with Crippen LogP contribution in [0.25, 0.3) is 0 Å². The summed E-state index contributed by atoms with van der Waals surface area (Å²) < 4.78 is 26.9. The van der Waals surface area contributed by atoms with E-state index in [1.54, 1.807) is 24.3 Å². The van der Waals surface area contributed by atoms with E-state index in [1.165, 1.54) is 12.1 Å². The number of piperidine rings is 2. The lowest BCUT2D eigenvalue weighted by molar-refractivity contribution is -0.138. The second kappa shape index (κ2) is 22.0. The van der Waals surface area contributed by atoms with Gasteiger partial charge in [0.25, 0.3) is 23.6 Å². The molecule has 18 heteroatoms. The third-order valence-electron chi connectivity index (χ3n) is 9.88. The first kappa shape index (κ1) is 43.8. The summed E-state index contributed by atoms with van der Waals surface area (Å²) in [7, 11) is -1.00. The summed E-state index contributed by atoms with van der Waals surface area (Å²) in [6, 6.07) is 7.52. The van der Waals surface area contributed by atoms with Crippen LogP contribution in [0.2, 0.25) is 0 Å². The van der Waals surface area contributed by atoms with Gasteiger partial charge in [-0.05, 0) is 62.8 Å². The molecule has 0 aromatic heterocycles. The molecule has 0 radical (unpaired) electrons. The van der Waals surface area contributed by atoms with Crippen LogP contribution in [0, 0.1) is 0 Å². The highest BCUT2D eigenvalue weighted by molar-refractivity contribution is 6.25. The van der Waals surface area contributed by atoms with Crippen LogP contribution < -0.4 is 20.1 Å². The molecule has 2 atom stereocenters. The predicted octanol–water partition coefficient (Wildman–Crippen LogP) is 3.70. The molecule has 4 aliphatic heterocycles. The van der Waals surface area contributed by atoms with Gasteiger partial charge in [-0.25, -0.2) is 0 Å². The van der Waals surface area contributed by atoms with Gasteiger partial charge in [0.05, 0.1) is 44.0 Å². The monoisotopic (exact) mass is 823 g/mol. The van der Waals surface area contributed by atoms with Crippen LogP contribution in [0.5, 0.6) is 11.5 Å². The summed E-state index contributed by atoms with van der Waals surface area (Å²) in [5.74, 6) is -4.63. The summed E-state index contributed by atoms with van der Waals surface area (Å²) in [6.07, 6.45) is 8.24. The van der Waals surface area contributed by atoms with Crippen molar-refractivity contribution < 1.29 is 68.3 Å². The first-order chi connectivity index (χ1) is 28.9. The number of halogens is 1. The van der Waals surface area contributed by atoms with Crippen molar-refractivity contribution >= 4 is 59.5 Å². The van der Waals surface area contributed by atoms with Crippen LogP contribution in [0.3, 0.4) is 0 Å². The Labute approximate surface area is 340 Å². The topological polar surface area (TPSA) is 240 Å². The molecule has 0 saturated carbocycles. The molecule has 316 valence electrons. The quantitative estimate of drug-likeness (QED) is 0.111. The molecule has 0 aliphatic carbocycles. The molecule has 8 amide bonds. The van der Waals surface area contributed by atoms with Gasteiger partial charge in [-0.2, -0.15) is 0 Å². The average Bonchev–Trinajstić information content (AvgIpc) is 3.62. The summed E-state index contributed by atoms with van der Waals surface area (Å²) in [5, 5.41) is 13.0. The summed E-state index contributed by atoms with van der Waals surface area (Å²) in [5.41, 5.74) is 0.683. The summed E-state index contributed by atoms with van der Waals surface area (Å²) >= 11 is 0. The third kappa shape index (κ3) is 11.2. The van der Waals surface area contributed by atoms with Crippen molar-refractivity contribution in [3.8, 4) is 11.5 Å². The van der Waals surface area contributed by atoms with Crippen LogP contribution in [-0.2, 0) is 28.8 Å². The van der Waals surface area contributed by atoms with Gasteiger partial charge in [-0.1, -0.05) is 37.8 Å². The lowest BCUT2D eigenvalue weighted by atomic mass is 10.0. The number of carbonyl (C=O) groups is 10. The van der Waals surface area contributed by atoms with Gasteiger partial charge in [0.2, 0.25) is 23.6 Å². The second-order valence-electron chi connectivity index (χ2n) is 13.9. The molecular formula is C41H47FN4O13. The maximum Gasteiger partial charge on any atom is 0.303 e.